The van der Waals surface area contributed by atoms with Crippen LogP contribution in [0.1, 0.15) is 46.0 Å². The summed E-state index contributed by atoms with van der Waals surface area (Å²) in [6.07, 6.45) is 2.00. The Kier molecular flexibility index (Phi) is 3.25. The van der Waals surface area contributed by atoms with Gasteiger partial charge in [0.15, 0.2) is 0 Å². The standard InChI is InChI=1S/C17H22N2O3/c1-11-12(2-3-13-14(11)9-22-16(13)21)15(20)8-19-7-6-18-10-17(19)4-5-17/h2-3,15,18,20H,4-10H2,1H3/p+1/t15-/m0/s1. The average molecular weight is 303 g/mol. The predicted molar refractivity (Wildman–Crippen MR) is 80.5 cm³/mol. The summed E-state index contributed by atoms with van der Waals surface area (Å²) in [5, 5.41) is 13.1. The predicted octanol–water partition coefficient (Wildman–Crippen LogP) is 0.110. The highest BCUT2D eigenvalue weighted by Crippen LogP contribution is 2.42. The largest absolute Gasteiger partial charge is 0.457 e. The third-order valence-electron chi connectivity index (χ3n) is 5.59. The fourth-order valence-corrected chi connectivity index (χ4v) is 3.97. The molecule has 1 aliphatic carbocycles. The van der Waals surface area contributed by atoms with Crippen molar-refractivity contribution in [2.75, 3.05) is 26.2 Å². The summed E-state index contributed by atoms with van der Waals surface area (Å²) in [5.41, 5.74) is 3.86. The van der Waals surface area contributed by atoms with Crippen molar-refractivity contribution < 1.29 is 20.0 Å². The van der Waals surface area contributed by atoms with E-state index in [0.29, 0.717) is 24.3 Å². The minimum atomic E-state index is -0.503. The lowest BCUT2D eigenvalue weighted by Crippen LogP contribution is -2.92. The van der Waals surface area contributed by atoms with E-state index in [-0.39, 0.29) is 5.97 Å². The number of hydrogen-bond donors (Lipinski definition) is 2. The number of nitrogens with zero attached hydrogens (tertiary/aromatic N) is 1. The van der Waals surface area contributed by atoms with Crippen LogP contribution >= 0.6 is 0 Å². The molecule has 1 aromatic carbocycles. The van der Waals surface area contributed by atoms with Gasteiger partial charge in [-0.15, -0.1) is 0 Å². The second kappa shape index (κ2) is 5.05. The average Bonchev–Trinajstić information content (AvgIpc) is 3.18. The van der Waals surface area contributed by atoms with Crippen molar-refractivity contribution in [3.05, 3.63) is 34.4 Å². The van der Waals surface area contributed by atoms with Crippen LogP contribution in [0, 0.1) is 6.92 Å². The Balaban J connectivity index is 1.56. The van der Waals surface area contributed by atoms with E-state index >= 15 is 0 Å². The number of esters is 1. The molecule has 1 atom stereocenters. The van der Waals surface area contributed by atoms with Gasteiger partial charge in [0.2, 0.25) is 0 Å². The molecule has 1 saturated heterocycles. The molecule has 5 nitrogen and oxygen atoms in total. The van der Waals surface area contributed by atoms with Gasteiger partial charge in [0.25, 0.3) is 0 Å². The molecule has 4 rings (SSSR count). The number of rotatable bonds is 3. The first kappa shape index (κ1) is 14.2. The quantitative estimate of drug-likeness (QED) is 0.778. The molecule has 3 aliphatic rings. The van der Waals surface area contributed by atoms with Gasteiger partial charge in [-0.1, -0.05) is 6.07 Å². The van der Waals surface area contributed by atoms with Crippen LogP contribution in [-0.2, 0) is 11.3 Å². The molecule has 2 aliphatic heterocycles. The van der Waals surface area contributed by atoms with E-state index in [4.69, 9.17) is 4.74 Å². The summed E-state index contributed by atoms with van der Waals surface area (Å²) in [5.74, 6) is -0.248. The molecule has 0 bridgehead atoms. The first-order valence-electron chi connectivity index (χ1n) is 8.15. The maximum absolute atomic E-state index is 11.6. The maximum Gasteiger partial charge on any atom is 0.338 e. The van der Waals surface area contributed by atoms with E-state index in [2.05, 4.69) is 10.2 Å². The number of carbonyl (C=O) groups is 1. The van der Waals surface area contributed by atoms with Gasteiger partial charge >= 0.3 is 5.97 Å². The Hall–Kier alpha value is -1.43. The van der Waals surface area contributed by atoms with Gasteiger partial charge in [0, 0.05) is 18.7 Å². The summed E-state index contributed by atoms with van der Waals surface area (Å²) in [6.45, 7) is 6.32. The molecule has 22 heavy (non-hydrogen) atoms. The maximum atomic E-state index is 11.6. The minimum absolute atomic E-state index is 0.248. The van der Waals surface area contributed by atoms with Crippen LogP contribution in [0.3, 0.4) is 0 Å². The smallest absolute Gasteiger partial charge is 0.338 e. The Morgan fingerprint density at radius 1 is 1.45 bits per heavy atom. The minimum Gasteiger partial charge on any atom is -0.457 e. The van der Waals surface area contributed by atoms with E-state index in [1.54, 1.807) is 6.07 Å². The number of benzene rings is 1. The number of quaternary nitrogens is 1. The summed E-state index contributed by atoms with van der Waals surface area (Å²) in [4.78, 5) is 14.1. The summed E-state index contributed by atoms with van der Waals surface area (Å²) < 4.78 is 5.10. The Morgan fingerprint density at radius 3 is 3.05 bits per heavy atom. The van der Waals surface area contributed by atoms with Crippen molar-refractivity contribution in [2.45, 2.75) is 38.0 Å². The fourth-order valence-electron chi connectivity index (χ4n) is 3.97. The van der Waals surface area contributed by atoms with Crippen LogP contribution in [0.25, 0.3) is 0 Å². The monoisotopic (exact) mass is 303 g/mol. The number of cyclic esters (lactones) is 1. The Labute approximate surface area is 130 Å². The van der Waals surface area contributed by atoms with Gasteiger partial charge in [-0.3, -0.25) is 4.90 Å². The lowest BCUT2D eigenvalue weighted by molar-refractivity contribution is -0.671. The molecule has 5 heteroatoms. The number of aliphatic hydroxyl groups is 1. The Bertz CT molecular complexity index is 625. The van der Waals surface area contributed by atoms with E-state index in [1.165, 1.54) is 12.8 Å². The SMILES string of the molecule is Cc1c([C@@H](O)CN2CC[NH2+]CC23CC3)ccc2c1COC2=O. The van der Waals surface area contributed by atoms with Crippen LogP contribution in [0.5, 0.6) is 0 Å². The second-order valence-electron chi connectivity index (χ2n) is 6.85. The topological polar surface area (TPSA) is 66.4 Å². The number of β-amino-alcohol motifs (C(OH)–C–C–N with tert-alkyl or cyclic N) is 1. The molecular weight excluding hydrogens is 280 g/mol. The molecule has 0 unspecified atom stereocenters. The van der Waals surface area contributed by atoms with Crippen molar-refractivity contribution in [2.24, 2.45) is 0 Å². The molecule has 1 aromatic rings. The fraction of sp³-hybridized carbons (Fsp3) is 0.588. The van der Waals surface area contributed by atoms with Gasteiger partial charge in [0.05, 0.1) is 30.3 Å². The van der Waals surface area contributed by atoms with Crippen molar-refractivity contribution in [1.82, 2.24) is 4.90 Å². The summed E-state index contributed by atoms with van der Waals surface area (Å²) in [6, 6.07) is 3.69. The van der Waals surface area contributed by atoms with Crippen LogP contribution in [0.2, 0.25) is 0 Å². The number of carbonyl (C=O) groups excluding carboxylic acids is 1. The third kappa shape index (κ3) is 2.16. The summed E-state index contributed by atoms with van der Waals surface area (Å²) >= 11 is 0. The van der Waals surface area contributed by atoms with Crippen molar-refractivity contribution in [3.8, 4) is 0 Å². The van der Waals surface area contributed by atoms with Crippen LogP contribution in [0.4, 0.5) is 0 Å². The lowest BCUT2D eigenvalue weighted by atomic mass is 9.94. The first-order valence-corrected chi connectivity index (χ1v) is 8.15. The van der Waals surface area contributed by atoms with Gasteiger partial charge < -0.3 is 15.2 Å². The number of hydrogen-bond acceptors (Lipinski definition) is 4. The zero-order valence-corrected chi connectivity index (χ0v) is 13.0. The molecule has 2 heterocycles. The lowest BCUT2D eigenvalue weighted by Gasteiger charge is -2.36. The zero-order chi connectivity index (χ0) is 15.3. The highest BCUT2D eigenvalue weighted by molar-refractivity contribution is 5.93. The molecule has 0 amide bonds. The van der Waals surface area contributed by atoms with Gasteiger partial charge in [-0.25, -0.2) is 4.79 Å². The highest BCUT2D eigenvalue weighted by Gasteiger charge is 2.51. The van der Waals surface area contributed by atoms with E-state index in [0.717, 1.165) is 36.3 Å². The van der Waals surface area contributed by atoms with E-state index < -0.39 is 6.10 Å². The number of fused-ring (bicyclic) bond motifs is 1. The van der Waals surface area contributed by atoms with E-state index in [9.17, 15) is 9.90 Å². The van der Waals surface area contributed by atoms with Gasteiger partial charge in [-0.2, -0.15) is 0 Å². The molecule has 1 saturated carbocycles. The van der Waals surface area contributed by atoms with Gasteiger partial charge in [0.1, 0.15) is 6.61 Å². The number of ether oxygens (including phenoxy) is 1. The van der Waals surface area contributed by atoms with E-state index in [1.807, 2.05) is 13.0 Å². The number of piperazine rings is 1. The second-order valence-corrected chi connectivity index (χ2v) is 6.85. The van der Waals surface area contributed by atoms with Crippen molar-refractivity contribution in [3.63, 3.8) is 0 Å². The van der Waals surface area contributed by atoms with Crippen LogP contribution in [-0.4, -0.2) is 47.7 Å². The molecule has 0 aromatic heterocycles. The van der Waals surface area contributed by atoms with Crippen molar-refractivity contribution in [1.29, 1.82) is 0 Å². The first-order chi connectivity index (χ1) is 10.6. The Morgan fingerprint density at radius 2 is 2.27 bits per heavy atom. The van der Waals surface area contributed by atoms with Crippen LogP contribution in [0.15, 0.2) is 12.1 Å². The molecule has 118 valence electrons. The number of aliphatic hydroxyl groups excluding tert-OH is 1. The molecule has 0 radical (unpaired) electrons. The normalized spacial score (nSPS) is 24.2. The zero-order valence-electron chi connectivity index (χ0n) is 13.0. The van der Waals surface area contributed by atoms with Gasteiger partial charge in [-0.05, 0) is 37.0 Å². The molecule has 3 N–H and O–H groups in total. The summed E-state index contributed by atoms with van der Waals surface area (Å²) in [7, 11) is 0. The van der Waals surface area contributed by atoms with Crippen molar-refractivity contribution >= 4 is 5.97 Å². The van der Waals surface area contributed by atoms with Crippen LogP contribution < -0.4 is 5.32 Å². The highest BCUT2D eigenvalue weighted by atomic mass is 16.5. The number of nitrogens with two attached hydrogens (primary N) is 1. The third-order valence-corrected chi connectivity index (χ3v) is 5.59. The molecular formula is C17H23N2O3+. The molecule has 1 spiro atoms. The molecule has 2 fully saturated rings.